The van der Waals surface area contributed by atoms with Crippen LogP contribution in [0.4, 0.5) is 0 Å². The van der Waals surface area contributed by atoms with Gasteiger partial charge in [0.15, 0.2) is 0 Å². The highest BCUT2D eigenvalue weighted by Crippen LogP contribution is 2.16. The Labute approximate surface area is 156 Å². The first-order valence-electron chi connectivity index (χ1n) is 8.45. The van der Waals surface area contributed by atoms with E-state index in [1.807, 2.05) is 65.3 Å². The minimum Gasteiger partial charge on any atom is -0.337 e. The molecule has 0 aliphatic carbocycles. The maximum Gasteiger partial charge on any atom is 0.253 e. The van der Waals surface area contributed by atoms with Crippen molar-refractivity contribution >= 4 is 27.7 Å². The van der Waals surface area contributed by atoms with Crippen LogP contribution < -0.4 is 0 Å². The maximum absolute atomic E-state index is 12.7. The standard InChI is InChI=1S/C20H21BrN2O2/c1-15-5-2-6-16(13-15)19(24)22-9-4-10-23(12-11-22)20(25)17-7-3-8-18(21)14-17/h2-3,5-8,13-14H,4,9-12H2,1H3. The Morgan fingerprint density at radius 3 is 1.96 bits per heavy atom. The molecule has 0 aromatic heterocycles. The number of carbonyl (C=O) groups excluding carboxylic acids is 2. The summed E-state index contributed by atoms with van der Waals surface area (Å²) in [6.45, 7) is 4.45. The number of rotatable bonds is 2. The van der Waals surface area contributed by atoms with Gasteiger partial charge in [0.05, 0.1) is 0 Å². The summed E-state index contributed by atoms with van der Waals surface area (Å²) in [6.07, 6.45) is 0.789. The van der Waals surface area contributed by atoms with Crippen LogP contribution in [0.25, 0.3) is 0 Å². The summed E-state index contributed by atoms with van der Waals surface area (Å²) >= 11 is 3.41. The van der Waals surface area contributed by atoms with Crippen LogP contribution in [0.1, 0.15) is 32.7 Å². The van der Waals surface area contributed by atoms with E-state index in [0.29, 0.717) is 37.3 Å². The van der Waals surface area contributed by atoms with Crippen LogP contribution in [0.2, 0.25) is 0 Å². The van der Waals surface area contributed by atoms with Crippen LogP contribution in [-0.4, -0.2) is 47.8 Å². The molecule has 2 aromatic rings. The first-order valence-corrected chi connectivity index (χ1v) is 9.25. The van der Waals surface area contributed by atoms with Crippen molar-refractivity contribution in [3.63, 3.8) is 0 Å². The fourth-order valence-electron chi connectivity index (χ4n) is 3.09. The summed E-state index contributed by atoms with van der Waals surface area (Å²) in [5, 5.41) is 0. The quantitative estimate of drug-likeness (QED) is 0.769. The lowest BCUT2D eigenvalue weighted by Crippen LogP contribution is -2.37. The molecule has 5 heteroatoms. The topological polar surface area (TPSA) is 40.6 Å². The Kier molecular flexibility index (Phi) is 5.53. The van der Waals surface area contributed by atoms with E-state index >= 15 is 0 Å². The number of hydrogen-bond donors (Lipinski definition) is 0. The van der Waals surface area contributed by atoms with Crippen molar-refractivity contribution < 1.29 is 9.59 Å². The monoisotopic (exact) mass is 400 g/mol. The van der Waals surface area contributed by atoms with Crippen molar-refractivity contribution in [1.29, 1.82) is 0 Å². The van der Waals surface area contributed by atoms with Crippen LogP contribution in [0.5, 0.6) is 0 Å². The van der Waals surface area contributed by atoms with Crippen molar-refractivity contribution in [2.75, 3.05) is 26.2 Å². The van der Waals surface area contributed by atoms with Gasteiger partial charge in [-0.15, -0.1) is 0 Å². The van der Waals surface area contributed by atoms with Gasteiger partial charge in [0, 0.05) is 41.8 Å². The van der Waals surface area contributed by atoms with Crippen LogP contribution in [0, 0.1) is 6.92 Å². The number of amides is 2. The average molecular weight is 401 g/mol. The van der Waals surface area contributed by atoms with Crippen molar-refractivity contribution in [2.24, 2.45) is 0 Å². The largest absolute Gasteiger partial charge is 0.337 e. The average Bonchev–Trinajstić information content (AvgIpc) is 2.86. The van der Waals surface area contributed by atoms with E-state index in [4.69, 9.17) is 0 Å². The number of hydrogen-bond acceptors (Lipinski definition) is 2. The van der Waals surface area contributed by atoms with Crippen LogP contribution in [0.15, 0.2) is 53.0 Å². The molecule has 4 nitrogen and oxygen atoms in total. The zero-order valence-corrected chi connectivity index (χ0v) is 15.8. The molecular weight excluding hydrogens is 380 g/mol. The number of nitrogens with zero attached hydrogens (tertiary/aromatic N) is 2. The molecule has 2 amide bonds. The van der Waals surface area contributed by atoms with E-state index in [1.165, 1.54) is 0 Å². The summed E-state index contributed by atoms with van der Waals surface area (Å²) < 4.78 is 0.893. The van der Waals surface area contributed by atoms with Gasteiger partial charge in [0.25, 0.3) is 11.8 Å². The van der Waals surface area contributed by atoms with Gasteiger partial charge in [-0.25, -0.2) is 0 Å². The molecule has 3 rings (SSSR count). The molecule has 130 valence electrons. The second kappa shape index (κ2) is 7.83. The summed E-state index contributed by atoms with van der Waals surface area (Å²) in [4.78, 5) is 29.1. The predicted octanol–water partition coefficient (Wildman–Crippen LogP) is 3.75. The normalized spacial score (nSPS) is 15.0. The van der Waals surface area contributed by atoms with E-state index in [9.17, 15) is 9.59 Å². The Balaban J connectivity index is 1.68. The predicted molar refractivity (Wildman–Crippen MR) is 102 cm³/mol. The summed E-state index contributed by atoms with van der Waals surface area (Å²) in [5.74, 6) is 0.0617. The van der Waals surface area contributed by atoms with E-state index in [1.54, 1.807) is 0 Å². The zero-order valence-electron chi connectivity index (χ0n) is 14.2. The Hall–Kier alpha value is -2.14. The highest BCUT2D eigenvalue weighted by atomic mass is 79.9. The highest BCUT2D eigenvalue weighted by Gasteiger charge is 2.23. The van der Waals surface area contributed by atoms with Crippen LogP contribution in [-0.2, 0) is 0 Å². The fraction of sp³-hybridized carbons (Fsp3) is 0.300. The smallest absolute Gasteiger partial charge is 0.253 e. The Morgan fingerprint density at radius 2 is 1.40 bits per heavy atom. The van der Waals surface area contributed by atoms with Gasteiger partial charge in [-0.1, -0.05) is 39.7 Å². The lowest BCUT2D eigenvalue weighted by molar-refractivity contribution is 0.0718. The number of carbonyl (C=O) groups is 2. The van der Waals surface area contributed by atoms with Crippen LogP contribution in [0.3, 0.4) is 0 Å². The number of halogens is 1. The molecule has 2 aromatic carbocycles. The van der Waals surface area contributed by atoms with Gasteiger partial charge < -0.3 is 9.80 Å². The molecule has 0 radical (unpaired) electrons. The molecule has 0 atom stereocenters. The highest BCUT2D eigenvalue weighted by molar-refractivity contribution is 9.10. The molecule has 1 saturated heterocycles. The second-order valence-corrected chi connectivity index (χ2v) is 7.23. The van der Waals surface area contributed by atoms with Crippen molar-refractivity contribution in [1.82, 2.24) is 9.80 Å². The van der Waals surface area contributed by atoms with Gasteiger partial charge >= 0.3 is 0 Å². The molecule has 0 N–H and O–H groups in total. The third-order valence-corrected chi connectivity index (χ3v) is 4.90. The third-order valence-electron chi connectivity index (χ3n) is 4.41. The summed E-state index contributed by atoms with van der Waals surface area (Å²) in [6, 6.07) is 15.1. The molecular formula is C20H21BrN2O2. The number of benzene rings is 2. The van der Waals surface area contributed by atoms with Gasteiger partial charge in [-0.05, 0) is 43.7 Å². The molecule has 0 saturated carbocycles. The van der Waals surface area contributed by atoms with Crippen molar-refractivity contribution in [3.8, 4) is 0 Å². The first-order chi connectivity index (χ1) is 12.0. The van der Waals surface area contributed by atoms with Gasteiger partial charge in [0.2, 0.25) is 0 Å². The third kappa shape index (κ3) is 4.28. The molecule has 1 heterocycles. The van der Waals surface area contributed by atoms with E-state index in [-0.39, 0.29) is 11.8 Å². The first kappa shape index (κ1) is 17.7. The minimum absolute atomic E-state index is 0.0196. The van der Waals surface area contributed by atoms with Crippen molar-refractivity contribution in [2.45, 2.75) is 13.3 Å². The lowest BCUT2D eigenvalue weighted by atomic mass is 10.1. The SMILES string of the molecule is Cc1cccc(C(=O)N2CCCN(C(=O)c3cccc(Br)c3)CC2)c1. The Bertz CT molecular complexity index is 725. The van der Waals surface area contributed by atoms with E-state index in [0.717, 1.165) is 16.5 Å². The van der Waals surface area contributed by atoms with Crippen molar-refractivity contribution in [3.05, 3.63) is 69.7 Å². The Morgan fingerprint density at radius 1 is 0.840 bits per heavy atom. The summed E-state index contributed by atoms with van der Waals surface area (Å²) in [7, 11) is 0. The van der Waals surface area contributed by atoms with E-state index < -0.39 is 0 Å². The maximum atomic E-state index is 12.7. The molecule has 25 heavy (non-hydrogen) atoms. The molecule has 0 unspecified atom stereocenters. The van der Waals surface area contributed by atoms with Gasteiger partial charge in [-0.3, -0.25) is 9.59 Å². The lowest BCUT2D eigenvalue weighted by Gasteiger charge is -2.22. The van der Waals surface area contributed by atoms with E-state index in [2.05, 4.69) is 15.9 Å². The number of aryl methyl sites for hydroxylation is 1. The summed E-state index contributed by atoms with van der Waals surface area (Å²) in [5.41, 5.74) is 2.46. The zero-order chi connectivity index (χ0) is 17.8. The molecule has 1 aliphatic rings. The minimum atomic E-state index is 0.0196. The molecule has 1 fully saturated rings. The second-order valence-electron chi connectivity index (χ2n) is 6.32. The fourth-order valence-corrected chi connectivity index (χ4v) is 3.49. The molecule has 1 aliphatic heterocycles. The molecule has 0 bridgehead atoms. The van der Waals surface area contributed by atoms with Gasteiger partial charge in [0.1, 0.15) is 0 Å². The van der Waals surface area contributed by atoms with Crippen LogP contribution >= 0.6 is 15.9 Å². The van der Waals surface area contributed by atoms with Gasteiger partial charge in [-0.2, -0.15) is 0 Å². The molecule has 0 spiro atoms.